The lowest BCUT2D eigenvalue weighted by Gasteiger charge is -2.27. The fourth-order valence-electron chi connectivity index (χ4n) is 3.69. The summed E-state index contributed by atoms with van der Waals surface area (Å²) in [7, 11) is 0. The fraction of sp³-hybridized carbons (Fsp3) is 0.154. The Balaban J connectivity index is 1.55. The molecule has 0 unspecified atom stereocenters. The van der Waals surface area contributed by atoms with Crippen molar-refractivity contribution in [1.82, 2.24) is 4.90 Å². The lowest BCUT2D eigenvalue weighted by atomic mass is 9.95. The Hall–Kier alpha value is -3.66. The molecule has 1 amide bonds. The van der Waals surface area contributed by atoms with Crippen LogP contribution >= 0.6 is 0 Å². The van der Waals surface area contributed by atoms with Crippen molar-refractivity contribution in [2.75, 3.05) is 13.1 Å². The van der Waals surface area contributed by atoms with Gasteiger partial charge in [-0.3, -0.25) is 9.59 Å². The topological polar surface area (TPSA) is 57.6 Å². The van der Waals surface area contributed by atoms with Crippen molar-refractivity contribution in [3.05, 3.63) is 107 Å². The minimum absolute atomic E-state index is 0.132. The summed E-state index contributed by atoms with van der Waals surface area (Å²) in [6.45, 7) is 3.04. The number of aryl methyl sites for hydroxylation is 1. The van der Waals surface area contributed by atoms with Gasteiger partial charge in [-0.15, -0.1) is 0 Å². The molecule has 0 spiro atoms. The Morgan fingerprint density at radius 1 is 0.867 bits per heavy atom. The second-order valence-electron chi connectivity index (χ2n) is 7.52. The van der Waals surface area contributed by atoms with Crippen molar-refractivity contribution in [1.29, 1.82) is 0 Å². The van der Waals surface area contributed by atoms with Crippen molar-refractivity contribution in [2.45, 2.75) is 13.3 Å². The number of carbonyl (C=O) groups excluding carboxylic acids is 2. The Labute approximate surface area is 176 Å². The predicted molar refractivity (Wildman–Crippen MR) is 118 cm³/mol. The quantitative estimate of drug-likeness (QED) is 0.640. The van der Waals surface area contributed by atoms with Crippen LogP contribution in [0.4, 0.5) is 0 Å². The molecule has 0 atom stereocenters. The van der Waals surface area contributed by atoms with E-state index in [2.05, 4.69) is 0 Å². The number of amides is 1. The summed E-state index contributed by atoms with van der Waals surface area (Å²) >= 11 is 0. The molecule has 0 aliphatic carbocycles. The second-order valence-corrected chi connectivity index (χ2v) is 7.52. The molecule has 4 rings (SSSR count). The van der Waals surface area contributed by atoms with Crippen LogP contribution in [-0.2, 0) is 0 Å². The minimum Gasteiger partial charge on any atom is -0.508 e. The molecule has 3 aromatic rings. The van der Waals surface area contributed by atoms with E-state index >= 15 is 0 Å². The van der Waals surface area contributed by atoms with Crippen LogP contribution in [-0.4, -0.2) is 34.8 Å². The van der Waals surface area contributed by atoms with E-state index in [1.165, 1.54) is 0 Å². The maximum Gasteiger partial charge on any atom is 0.254 e. The second kappa shape index (κ2) is 8.37. The number of nitrogens with zero attached hydrogens (tertiary/aromatic N) is 1. The van der Waals surface area contributed by atoms with Gasteiger partial charge in [0.05, 0.1) is 5.56 Å². The van der Waals surface area contributed by atoms with Crippen LogP contribution < -0.4 is 0 Å². The van der Waals surface area contributed by atoms with Gasteiger partial charge in [-0.1, -0.05) is 66.2 Å². The van der Waals surface area contributed by atoms with E-state index in [4.69, 9.17) is 0 Å². The van der Waals surface area contributed by atoms with Gasteiger partial charge < -0.3 is 10.0 Å². The molecule has 1 aliphatic rings. The third-order valence-corrected chi connectivity index (χ3v) is 5.45. The van der Waals surface area contributed by atoms with Gasteiger partial charge in [0.2, 0.25) is 0 Å². The number of benzene rings is 3. The van der Waals surface area contributed by atoms with Crippen molar-refractivity contribution in [3.63, 3.8) is 0 Å². The summed E-state index contributed by atoms with van der Waals surface area (Å²) in [5.41, 5.74) is 4.73. The van der Waals surface area contributed by atoms with Crippen molar-refractivity contribution < 1.29 is 14.7 Å². The van der Waals surface area contributed by atoms with Crippen LogP contribution in [0.15, 0.2) is 78.9 Å². The summed E-state index contributed by atoms with van der Waals surface area (Å²) in [5, 5.41) is 9.46. The maximum atomic E-state index is 13.2. The SMILES string of the molecule is Cc1ccc(C(=O)c2ccccc2C(=O)N2CC=C(c3ccc(O)cc3)CC2)cc1. The number of carbonyl (C=O) groups is 2. The molecule has 150 valence electrons. The fourth-order valence-corrected chi connectivity index (χ4v) is 3.69. The first-order chi connectivity index (χ1) is 14.5. The molecule has 0 fully saturated rings. The summed E-state index contributed by atoms with van der Waals surface area (Å²) in [6, 6.07) is 21.5. The highest BCUT2D eigenvalue weighted by Gasteiger charge is 2.24. The molecular formula is C26H23NO3. The summed E-state index contributed by atoms with van der Waals surface area (Å²) in [5.74, 6) is -0.0369. The maximum absolute atomic E-state index is 13.2. The van der Waals surface area contributed by atoms with Gasteiger partial charge in [-0.2, -0.15) is 0 Å². The first kappa shape index (κ1) is 19.6. The van der Waals surface area contributed by atoms with Gasteiger partial charge in [0.25, 0.3) is 5.91 Å². The molecule has 1 heterocycles. The molecule has 4 nitrogen and oxygen atoms in total. The monoisotopic (exact) mass is 397 g/mol. The van der Waals surface area contributed by atoms with Gasteiger partial charge in [0.1, 0.15) is 5.75 Å². The van der Waals surface area contributed by atoms with Crippen molar-refractivity contribution >= 4 is 17.3 Å². The summed E-state index contributed by atoms with van der Waals surface area (Å²) in [4.78, 5) is 28.0. The molecule has 0 saturated heterocycles. The molecule has 4 heteroatoms. The van der Waals surface area contributed by atoms with E-state index in [-0.39, 0.29) is 17.4 Å². The van der Waals surface area contributed by atoms with Gasteiger partial charge in [-0.25, -0.2) is 0 Å². The van der Waals surface area contributed by atoms with Gasteiger partial charge in [-0.05, 0) is 42.7 Å². The largest absolute Gasteiger partial charge is 0.508 e. The normalized spacial score (nSPS) is 13.6. The standard InChI is InChI=1S/C26H23NO3/c1-18-6-8-21(9-7-18)25(29)23-4-2-3-5-24(23)26(30)27-16-14-20(15-17-27)19-10-12-22(28)13-11-19/h2-14,28H,15-17H2,1H3. The van der Waals surface area contributed by atoms with E-state index in [1.54, 1.807) is 53.4 Å². The average molecular weight is 397 g/mol. The third-order valence-electron chi connectivity index (χ3n) is 5.45. The third kappa shape index (κ3) is 4.03. The molecule has 0 radical (unpaired) electrons. The lowest BCUT2D eigenvalue weighted by Crippen LogP contribution is -2.35. The van der Waals surface area contributed by atoms with E-state index < -0.39 is 0 Å². The lowest BCUT2D eigenvalue weighted by molar-refractivity contribution is 0.0768. The predicted octanol–water partition coefficient (Wildman–Crippen LogP) is 4.86. The van der Waals surface area contributed by atoms with Crippen LogP contribution in [0, 0.1) is 6.92 Å². The minimum atomic E-state index is -0.142. The van der Waals surface area contributed by atoms with Gasteiger partial charge in [0.15, 0.2) is 5.78 Å². The summed E-state index contributed by atoms with van der Waals surface area (Å²) < 4.78 is 0. The molecule has 1 N–H and O–H groups in total. The molecule has 0 saturated carbocycles. The van der Waals surface area contributed by atoms with Gasteiger partial charge >= 0.3 is 0 Å². The first-order valence-electron chi connectivity index (χ1n) is 10.0. The van der Waals surface area contributed by atoms with E-state index in [1.807, 2.05) is 37.3 Å². The van der Waals surface area contributed by atoms with E-state index in [9.17, 15) is 14.7 Å². The number of aromatic hydroxyl groups is 1. The highest BCUT2D eigenvalue weighted by atomic mass is 16.3. The molecule has 30 heavy (non-hydrogen) atoms. The summed E-state index contributed by atoms with van der Waals surface area (Å²) in [6.07, 6.45) is 2.77. The van der Waals surface area contributed by atoms with Crippen molar-refractivity contribution in [2.24, 2.45) is 0 Å². The number of phenolic OH excluding ortho intramolecular Hbond substituents is 1. The number of ketones is 1. The van der Waals surface area contributed by atoms with Crippen LogP contribution in [0.1, 0.15) is 43.8 Å². The average Bonchev–Trinajstić information content (AvgIpc) is 2.79. The zero-order chi connectivity index (χ0) is 21.1. The van der Waals surface area contributed by atoms with Crippen LogP contribution in [0.2, 0.25) is 0 Å². The van der Waals surface area contributed by atoms with Crippen LogP contribution in [0.25, 0.3) is 5.57 Å². The van der Waals surface area contributed by atoms with Crippen molar-refractivity contribution in [3.8, 4) is 5.75 Å². The highest BCUT2D eigenvalue weighted by Crippen LogP contribution is 2.25. The number of phenols is 1. The zero-order valence-corrected chi connectivity index (χ0v) is 16.8. The Morgan fingerprint density at radius 2 is 1.53 bits per heavy atom. The number of hydrogen-bond donors (Lipinski definition) is 1. The number of hydrogen-bond acceptors (Lipinski definition) is 3. The molecule has 0 aromatic heterocycles. The Kier molecular flexibility index (Phi) is 5.48. The number of rotatable bonds is 4. The molecule has 1 aliphatic heterocycles. The van der Waals surface area contributed by atoms with E-state index in [0.717, 1.165) is 23.1 Å². The first-order valence-corrected chi connectivity index (χ1v) is 10.0. The van der Waals surface area contributed by atoms with Crippen LogP contribution in [0.5, 0.6) is 5.75 Å². The smallest absolute Gasteiger partial charge is 0.254 e. The zero-order valence-electron chi connectivity index (χ0n) is 16.8. The Morgan fingerprint density at radius 3 is 2.17 bits per heavy atom. The molecular weight excluding hydrogens is 374 g/mol. The molecule has 0 bridgehead atoms. The van der Waals surface area contributed by atoms with E-state index in [0.29, 0.717) is 29.8 Å². The molecule has 3 aromatic carbocycles. The van der Waals surface area contributed by atoms with Gasteiger partial charge in [0, 0.05) is 24.2 Å². The van der Waals surface area contributed by atoms with Crippen LogP contribution in [0.3, 0.4) is 0 Å². The highest BCUT2D eigenvalue weighted by molar-refractivity contribution is 6.15. The Bertz CT molecular complexity index is 1110.